The van der Waals surface area contributed by atoms with Gasteiger partial charge in [0.15, 0.2) is 6.30 Å². The van der Waals surface area contributed by atoms with Crippen molar-refractivity contribution in [1.29, 1.82) is 0 Å². The molecule has 0 amide bonds. The van der Waals surface area contributed by atoms with Crippen LogP contribution in [0.1, 0.15) is 16.8 Å². The van der Waals surface area contributed by atoms with Crippen LogP contribution in [-0.4, -0.2) is 22.4 Å². The predicted molar refractivity (Wildman–Crippen MR) is 114 cm³/mol. The Morgan fingerprint density at radius 1 is 1.19 bits per heavy atom. The number of nitrogens with zero attached hydrogens (tertiary/aromatic N) is 1. The fraction of sp³-hybridized carbons (Fsp3) is 0.167. The lowest BCUT2D eigenvalue weighted by Gasteiger charge is -2.12. The van der Waals surface area contributed by atoms with E-state index in [2.05, 4.69) is 4.98 Å². The van der Waals surface area contributed by atoms with Crippen LogP contribution in [0.25, 0.3) is 22.1 Å². The molecule has 0 spiro atoms. The minimum absolute atomic E-state index is 0.0261. The van der Waals surface area contributed by atoms with Gasteiger partial charge < -0.3 is 20.0 Å². The van der Waals surface area contributed by atoms with Crippen molar-refractivity contribution in [1.82, 2.24) is 4.98 Å². The average Bonchev–Trinajstić information content (AvgIpc) is 3.20. The van der Waals surface area contributed by atoms with E-state index in [0.717, 1.165) is 22.1 Å². The Morgan fingerprint density at radius 2 is 2.03 bits per heavy atom. The van der Waals surface area contributed by atoms with E-state index >= 15 is 0 Å². The number of para-hydroxylation sites is 1. The summed E-state index contributed by atoms with van der Waals surface area (Å²) in [6.45, 7) is 0.248. The molecule has 0 bridgehead atoms. The van der Waals surface area contributed by atoms with Crippen molar-refractivity contribution >= 4 is 16.9 Å². The molecule has 31 heavy (non-hydrogen) atoms. The lowest BCUT2D eigenvalue weighted by molar-refractivity contribution is -0.136. The molecule has 4 rings (SSSR count). The summed E-state index contributed by atoms with van der Waals surface area (Å²) < 4.78 is 24.9. The van der Waals surface area contributed by atoms with Crippen LogP contribution >= 0.6 is 0 Å². The first-order chi connectivity index (χ1) is 15.0. The molecule has 158 valence electrons. The molecule has 0 aliphatic heterocycles. The van der Waals surface area contributed by atoms with E-state index in [1.54, 1.807) is 42.8 Å². The van der Waals surface area contributed by atoms with Crippen LogP contribution in [0, 0.1) is 0 Å². The zero-order valence-corrected chi connectivity index (χ0v) is 16.6. The van der Waals surface area contributed by atoms with Gasteiger partial charge >= 0.3 is 5.97 Å². The Morgan fingerprint density at radius 3 is 2.84 bits per heavy atom. The number of ether oxygens (including phenoxy) is 1. The molecule has 0 saturated carbocycles. The molecule has 3 N–H and O–H groups in total. The fourth-order valence-electron chi connectivity index (χ4n) is 3.51. The number of rotatable bonds is 8. The molecule has 0 unspecified atom stereocenters. The highest BCUT2D eigenvalue weighted by molar-refractivity contribution is 5.93. The van der Waals surface area contributed by atoms with E-state index in [-0.39, 0.29) is 19.4 Å². The average molecular weight is 420 g/mol. The Labute approximate surface area is 178 Å². The maximum absolute atomic E-state index is 13.2. The Bertz CT molecular complexity index is 1220. The molecule has 0 aliphatic rings. The van der Waals surface area contributed by atoms with Gasteiger partial charge in [-0.2, -0.15) is 0 Å². The largest absolute Gasteiger partial charge is 0.489 e. The molecule has 0 saturated heterocycles. The third kappa shape index (κ3) is 4.90. The zero-order valence-electron chi connectivity index (χ0n) is 16.6. The molecular weight excluding hydrogens is 399 g/mol. The molecule has 6 nitrogen and oxygen atoms in total. The van der Waals surface area contributed by atoms with Gasteiger partial charge in [0.2, 0.25) is 0 Å². The van der Waals surface area contributed by atoms with Crippen molar-refractivity contribution in [2.24, 2.45) is 5.73 Å². The van der Waals surface area contributed by atoms with Gasteiger partial charge in [0.25, 0.3) is 0 Å². The highest BCUT2D eigenvalue weighted by Gasteiger charge is 2.13. The number of benzene rings is 2. The molecule has 2 heterocycles. The third-order valence-electron chi connectivity index (χ3n) is 4.85. The van der Waals surface area contributed by atoms with E-state index < -0.39 is 12.3 Å². The summed E-state index contributed by atoms with van der Waals surface area (Å²) in [5.74, 6) is -0.387. The number of aliphatic carboxylic acids is 1. The number of carbonyl (C=O) groups is 1. The second-order valence-electron chi connectivity index (χ2n) is 7.21. The number of hydrogen-bond acceptors (Lipinski definition) is 5. The number of fused-ring (bicyclic) bond motifs is 1. The van der Waals surface area contributed by atoms with Crippen LogP contribution in [0.5, 0.6) is 5.75 Å². The summed E-state index contributed by atoms with van der Waals surface area (Å²) in [7, 11) is 0. The molecule has 0 aliphatic carbocycles. The Balaban J connectivity index is 1.65. The van der Waals surface area contributed by atoms with E-state index in [1.807, 2.05) is 24.3 Å². The van der Waals surface area contributed by atoms with Gasteiger partial charge in [0.1, 0.15) is 17.9 Å². The van der Waals surface area contributed by atoms with Gasteiger partial charge in [0, 0.05) is 34.8 Å². The van der Waals surface area contributed by atoms with E-state index in [9.17, 15) is 9.18 Å². The van der Waals surface area contributed by atoms with Crippen molar-refractivity contribution in [3.05, 3.63) is 83.9 Å². The molecule has 7 heteroatoms. The van der Waals surface area contributed by atoms with Gasteiger partial charge in [-0.05, 0) is 47.5 Å². The zero-order chi connectivity index (χ0) is 21.8. The number of aromatic nitrogens is 1. The van der Waals surface area contributed by atoms with Crippen molar-refractivity contribution in [2.75, 3.05) is 0 Å². The first-order valence-corrected chi connectivity index (χ1v) is 9.77. The molecular formula is C24H21FN2O4. The summed E-state index contributed by atoms with van der Waals surface area (Å²) >= 11 is 0. The van der Waals surface area contributed by atoms with Gasteiger partial charge in [-0.15, -0.1) is 0 Å². The maximum Gasteiger partial charge on any atom is 0.307 e. The number of alkyl halides is 1. The van der Waals surface area contributed by atoms with Crippen LogP contribution in [0.15, 0.2) is 71.5 Å². The fourth-order valence-corrected chi connectivity index (χ4v) is 3.51. The molecule has 0 fully saturated rings. The lowest BCUT2D eigenvalue weighted by atomic mass is 10.0. The van der Waals surface area contributed by atoms with Crippen molar-refractivity contribution < 1.29 is 23.4 Å². The van der Waals surface area contributed by atoms with Gasteiger partial charge in [0.05, 0.1) is 12.7 Å². The van der Waals surface area contributed by atoms with Crippen LogP contribution in [0.4, 0.5) is 4.39 Å². The number of hydrogen-bond donors (Lipinski definition) is 2. The summed E-state index contributed by atoms with van der Waals surface area (Å²) in [4.78, 5) is 15.3. The van der Waals surface area contributed by atoms with Crippen molar-refractivity contribution in [3.63, 3.8) is 0 Å². The standard InChI is InChI=1S/C24H21FN2O4/c25-22(26)13-19-11-16(5-7-27-19)20-10-15(9-18-6-8-30-24(18)20)14-31-21-4-2-1-3-17(21)12-23(28)29/h1-11,22H,12-14,26H2,(H,28,29)/t22-/m1/s1. The predicted octanol–water partition coefficient (Wildman–Crippen LogP) is 4.50. The number of carboxylic acids is 1. The highest BCUT2D eigenvalue weighted by atomic mass is 19.1. The minimum Gasteiger partial charge on any atom is -0.489 e. The van der Waals surface area contributed by atoms with E-state index in [4.69, 9.17) is 20.0 Å². The molecule has 1 atom stereocenters. The quantitative estimate of drug-likeness (QED) is 0.407. The molecule has 0 radical (unpaired) electrons. The van der Waals surface area contributed by atoms with Crippen LogP contribution in [0.2, 0.25) is 0 Å². The van der Waals surface area contributed by atoms with Gasteiger partial charge in [-0.25, -0.2) is 4.39 Å². The number of pyridine rings is 1. The summed E-state index contributed by atoms with van der Waals surface area (Å²) in [6.07, 6.45) is 1.67. The SMILES string of the molecule is N[C@@H](F)Cc1cc(-c2cc(COc3ccccc3CC(=O)O)cc3ccoc23)ccn1. The van der Waals surface area contributed by atoms with E-state index in [1.165, 1.54) is 0 Å². The van der Waals surface area contributed by atoms with Gasteiger partial charge in [-0.1, -0.05) is 18.2 Å². The number of halogens is 1. The summed E-state index contributed by atoms with van der Waals surface area (Å²) in [6, 6.07) is 16.5. The first kappa shape index (κ1) is 20.6. The lowest BCUT2D eigenvalue weighted by Crippen LogP contribution is -2.16. The number of nitrogens with two attached hydrogens (primary N) is 1. The summed E-state index contributed by atoms with van der Waals surface area (Å²) in [5, 5.41) is 10.0. The molecule has 2 aromatic carbocycles. The minimum atomic E-state index is -1.48. The third-order valence-corrected chi connectivity index (χ3v) is 4.85. The molecule has 2 aromatic heterocycles. The van der Waals surface area contributed by atoms with Crippen LogP contribution < -0.4 is 10.5 Å². The molecule has 4 aromatic rings. The van der Waals surface area contributed by atoms with E-state index in [0.29, 0.717) is 22.6 Å². The van der Waals surface area contributed by atoms with Crippen molar-refractivity contribution in [3.8, 4) is 16.9 Å². The second kappa shape index (κ2) is 8.97. The van der Waals surface area contributed by atoms with Crippen LogP contribution in [0.3, 0.4) is 0 Å². The van der Waals surface area contributed by atoms with Gasteiger partial charge in [-0.3, -0.25) is 9.78 Å². The second-order valence-corrected chi connectivity index (χ2v) is 7.21. The number of carboxylic acid groups (broad SMARTS) is 1. The maximum atomic E-state index is 13.2. The Kier molecular flexibility index (Phi) is 5.95. The topological polar surface area (TPSA) is 98.6 Å². The van der Waals surface area contributed by atoms with Crippen LogP contribution in [-0.2, 0) is 24.2 Å². The monoisotopic (exact) mass is 420 g/mol. The number of furan rings is 1. The summed E-state index contributed by atoms with van der Waals surface area (Å²) in [5.41, 5.74) is 9.69. The normalized spacial score (nSPS) is 12.1. The Hall–Kier alpha value is -3.71. The first-order valence-electron chi connectivity index (χ1n) is 9.77. The smallest absolute Gasteiger partial charge is 0.307 e. The highest BCUT2D eigenvalue weighted by Crippen LogP contribution is 2.32. The van der Waals surface area contributed by atoms with Crippen molar-refractivity contribution in [2.45, 2.75) is 25.7 Å².